The van der Waals surface area contributed by atoms with Crippen LogP contribution in [0.4, 0.5) is 23.7 Å². The number of halogens is 3. The largest absolute Gasteiger partial charge is 0.573 e. The average Bonchev–Trinajstić information content (AvgIpc) is 3.27. The van der Waals surface area contributed by atoms with E-state index in [1.54, 1.807) is 36.5 Å². The molecular weight excluding hydrogens is 517 g/mol. The maximum Gasteiger partial charge on any atom is 0.573 e. The zero-order chi connectivity index (χ0) is 27.1. The number of amides is 2. The van der Waals surface area contributed by atoms with Crippen LogP contribution in [-0.2, 0) is 6.42 Å². The number of oxime groups is 1. The smallest absolute Gasteiger partial charge is 0.406 e. The van der Waals surface area contributed by atoms with Crippen LogP contribution in [0, 0.1) is 0 Å². The minimum atomic E-state index is -4.73. The number of ether oxygens (including phenoxy) is 1. The van der Waals surface area contributed by atoms with Crippen LogP contribution < -0.4 is 19.6 Å². The Balaban J connectivity index is 1.26. The third-order valence-electron chi connectivity index (χ3n) is 5.62. The van der Waals surface area contributed by atoms with Crippen molar-refractivity contribution in [3.05, 3.63) is 89.0 Å². The van der Waals surface area contributed by atoms with Gasteiger partial charge >= 0.3 is 12.4 Å². The summed E-state index contributed by atoms with van der Waals surface area (Å²) in [5.41, 5.74) is 4.71. The van der Waals surface area contributed by atoms with Gasteiger partial charge in [-0.15, -0.1) is 13.2 Å². The van der Waals surface area contributed by atoms with E-state index >= 15 is 0 Å². The monoisotopic (exact) mass is 542 g/mol. The maximum absolute atomic E-state index is 12.4. The molecule has 0 saturated heterocycles. The molecule has 0 radical (unpaired) electrons. The predicted octanol–water partition coefficient (Wildman–Crippen LogP) is 7.24. The fraction of sp³-hybridized carbons (Fsp3) is 0.222. The van der Waals surface area contributed by atoms with Gasteiger partial charge in [0.15, 0.2) is 5.75 Å². The SMILES string of the molecule is CC(C)c1ccccc1NC(=O)NS/N=C/c1ccc(O/N=C2/CCc3cc(OC(F)(F)F)ccc32)cc1. The summed E-state index contributed by atoms with van der Waals surface area (Å²) in [6.07, 6.45) is -2.03. The molecule has 11 heteroatoms. The van der Waals surface area contributed by atoms with Crippen LogP contribution >= 0.6 is 12.1 Å². The number of urea groups is 1. The molecule has 0 atom stereocenters. The molecule has 0 aliphatic heterocycles. The molecule has 0 spiro atoms. The second-order valence-corrected chi connectivity index (χ2v) is 9.29. The number of nitrogens with zero attached hydrogens (tertiary/aromatic N) is 2. The van der Waals surface area contributed by atoms with Crippen molar-refractivity contribution >= 4 is 35.8 Å². The Kier molecular flexibility index (Phi) is 8.57. The molecule has 3 aromatic carbocycles. The second-order valence-electron chi connectivity index (χ2n) is 8.69. The highest BCUT2D eigenvalue weighted by Crippen LogP contribution is 2.30. The highest BCUT2D eigenvalue weighted by atomic mass is 32.2. The van der Waals surface area contributed by atoms with Crippen LogP contribution in [0.1, 0.15) is 48.4 Å². The van der Waals surface area contributed by atoms with Crippen LogP contribution in [0.15, 0.2) is 76.3 Å². The molecule has 0 aromatic heterocycles. The van der Waals surface area contributed by atoms with Crippen LogP contribution in [0.2, 0.25) is 0 Å². The number of para-hydroxylation sites is 1. The fourth-order valence-electron chi connectivity index (χ4n) is 3.88. The lowest BCUT2D eigenvalue weighted by atomic mass is 10.0. The Labute approximate surface area is 222 Å². The molecule has 2 N–H and O–H groups in total. The van der Waals surface area contributed by atoms with Crippen molar-refractivity contribution in [2.45, 2.75) is 39.0 Å². The lowest BCUT2D eigenvalue weighted by molar-refractivity contribution is -0.274. The van der Waals surface area contributed by atoms with Gasteiger partial charge in [-0.25, -0.2) is 9.19 Å². The lowest BCUT2D eigenvalue weighted by Gasteiger charge is -2.13. The predicted molar refractivity (Wildman–Crippen MR) is 143 cm³/mol. The number of anilines is 1. The van der Waals surface area contributed by atoms with Gasteiger partial charge in [-0.1, -0.05) is 37.2 Å². The highest BCUT2D eigenvalue weighted by Gasteiger charge is 2.31. The Morgan fingerprint density at radius 1 is 1.03 bits per heavy atom. The summed E-state index contributed by atoms with van der Waals surface area (Å²) >= 11 is 0.901. The van der Waals surface area contributed by atoms with Gasteiger partial charge in [-0.3, -0.25) is 4.72 Å². The maximum atomic E-state index is 12.4. The van der Waals surface area contributed by atoms with Crippen molar-refractivity contribution in [2.75, 3.05) is 5.32 Å². The Hall–Kier alpha value is -3.99. The van der Waals surface area contributed by atoms with Crippen LogP contribution in [0.3, 0.4) is 0 Å². The van der Waals surface area contributed by atoms with Crippen molar-refractivity contribution in [3.8, 4) is 11.5 Å². The van der Waals surface area contributed by atoms with Gasteiger partial charge in [-0.2, -0.15) is 0 Å². The number of carbonyl (C=O) groups excluding carboxylic acids is 1. The van der Waals surface area contributed by atoms with Crippen molar-refractivity contribution in [1.82, 2.24) is 4.72 Å². The molecular formula is C27H25F3N4O3S. The summed E-state index contributed by atoms with van der Waals surface area (Å²) in [6.45, 7) is 4.12. The van der Waals surface area contributed by atoms with Crippen molar-refractivity contribution in [1.29, 1.82) is 0 Å². The zero-order valence-electron chi connectivity index (χ0n) is 20.6. The summed E-state index contributed by atoms with van der Waals surface area (Å²) in [7, 11) is 0. The average molecular weight is 543 g/mol. The molecule has 4 rings (SSSR count). The molecule has 0 heterocycles. The molecule has 3 aromatic rings. The number of aryl methyl sites for hydroxylation is 1. The first-order chi connectivity index (χ1) is 18.2. The number of carbonyl (C=O) groups is 1. The van der Waals surface area contributed by atoms with E-state index < -0.39 is 6.36 Å². The Bertz CT molecular complexity index is 1340. The summed E-state index contributed by atoms with van der Waals surface area (Å²) in [4.78, 5) is 17.7. The molecule has 0 bridgehead atoms. The quantitative estimate of drug-likeness (QED) is 0.179. The molecule has 2 amide bonds. The first-order valence-electron chi connectivity index (χ1n) is 11.8. The number of hydrogen-bond acceptors (Lipinski definition) is 6. The van der Waals surface area contributed by atoms with Gasteiger partial charge < -0.3 is 14.9 Å². The molecule has 1 aliphatic rings. The highest BCUT2D eigenvalue weighted by molar-refractivity contribution is 7.96. The number of hydrogen-bond donors (Lipinski definition) is 2. The standard InChI is InChI=1S/C27H25F3N4O3S/c1-17(2)22-5-3-4-6-24(22)32-26(35)34-38-31-16-18-7-10-20(11-8-18)37-33-25-14-9-19-15-21(12-13-23(19)25)36-27(28,29)30/h3-8,10-13,15-17H,9,14H2,1-2H3,(H2,32,34,35)/b31-16+,33-25-. The van der Waals surface area contributed by atoms with E-state index in [0.29, 0.717) is 24.3 Å². The van der Waals surface area contributed by atoms with Crippen molar-refractivity contribution < 1.29 is 27.5 Å². The number of benzene rings is 3. The van der Waals surface area contributed by atoms with Crippen LogP contribution in [0.25, 0.3) is 0 Å². The molecule has 0 saturated carbocycles. The lowest BCUT2D eigenvalue weighted by Crippen LogP contribution is -2.23. The molecule has 38 heavy (non-hydrogen) atoms. The summed E-state index contributed by atoms with van der Waals surface area (Å²) in [6, 6.07) is 18.4. The van der Waals surface area contributed by atoms with E-state index in [0.717, 1.165) is 40.1 Å². The van der Waals surface area contributed by atoms with Crippen LogP contribution in [-0.4, -0.2) is 24.3 Å². The van der Waals surface area contributed by atoms with E-state index in [1.807, 2.05) is 24.3 Å². The Morgan fingerprint density at radius 2 is 1.76 bits per heavy atom. The number of alkyl halides is 3. The van der Waals surface area contributed by atoms with Crippen molar-refractivity contribution in [3.63, 3.8) is 0 Å². The van der Waals surface area contributed by atoms with Gasteiger partial charge in [0, 0.05) is 17.5 Å². The number of fused-ring (bicyclic) bond motifs is 1. The third kappa shape index (κ3) is 7.51. The fourth-order valence-corrected chi connectivity index (χ4v) is 4.24. The topological polar surface area (TPSA) is 84.3 Å². The zero-order valence-corrected chi connectivity index (χ0v) is 21.4. The first-order valence-corrected chi connectivity index (χ1v) is 12.5. The van der Waals surface area contributed by atoms with E-state index in [2.05, 4.69) is 38.2 Å². The van der Waals surface area contributed by atoms with E-state index in [-0.39, 0.29) is 17.7 Å². The summed E-state index contributed by atoms with van der Waals surface area (Å²) < 4.78 is 48.1. The Morgan fingerprint density at radius 3 is 2.50 bits per heavy atom. The summed E-state index contributed by atoms with van der Waals surface area (Å²) in [5, 5.41) is 7.00. The molecule has 0 fully saturated rings. The van der Waals surface area contributed by atoms with Gasteiger partial charge in [0.2, 0.25) is 0 Å². The number of nitrogens with one attached hydrogen (secondary N) is 2. The van der Waals surface area contributed by atoms with E-state index in [1.165, 1.54) is 12.1 Å². The van der Waals surface area contributed by atoms with Crippen LogP contribution in [0.5, 0.6) is 11.5 Å². The normalized spacial score (nSPS) is 14.1. The first kappa shape index (κ1) is 27.1. The van der Waals surface area contributed by atoms with Crippen molar-refractivity contribution in [2.24, 2.45) is 9.55 Å². The molecule has 0 unspecified atom stereocenters. The minimum absolute atomic E-state index is 0.249. The van der Waals surface area contributed by atoms with Gasteiger partial charge in [0.1, 0.15) is 5.75 Å². The van der Waals surface area contributed by atoms with E-state index in [4.69, 9.17) is 4.84 Å². The third-order valence-corrected chi connectivity index (χ3v) is 6.10. The minimum Gasteiger partial charge on any atom is -0.406 e. The second kappa shape index (κ2) is 12.0. The van der Waals surface area contributed by atoms with E-state index in [9.17, 15) is 18.0 Å². The molecule has 198 valence electrons. The van der Waals surface area contributed by atoms with Gasteiger partial charge in [0.05, 0.1) is 17.8 Å². The van der Waals surface area contributed by atoms with Gasteiger partial charge in [0.25, 0.3) is 0 Å². The number of rotatable bonds is 8. The van der Waals surface area contributed by atoms with Gasteiger partial charge in [-0.05, 0) is 84.0 Å². The molecule has 1 aliphatic carbocycles. The summed E-state index contributed by atoms with van der Waals surface area (Å²) in [5.74, 6) is 0.523. The molecule has 7 nitrogen and oxygen atoms in total.